The summed E-state index contributed by atoms with van der Waals surface area (Å²) in [5.74, 6) is 0.661. The van der Waals surface area contributed by atoms with E-state index in [1.54, 1.807) is 30.6 Å². The molecular formula is C42H50N8O4S. The van der Waals surface area contributed by atoms with E-state index in [2.05, 4.69) is 31.5 Å². The van der Waals surface area contributed by atoms with Crippen molar-refractivity contribution in [3.8, 4) is 17.1 Å². The van der Waals surface area contributed by atoms with Gasteiger partial charge in [-0.1, -0.05) is 37.1 Å². The number of hydrogen-bond donors (Lipinski definition) is 1. The van der Waals surface area contributed by atoms with Gasteiger partial charge in [0, 0.05) is 49.4 Å². The number of aromatic nitrogens is 4. The number of nitrogens with one attached hydrogen (secondary N) is 1. The number of carbonyl (C=O) groups excluding carboxylic acids is 1. The number of rotatable bonds is 6. The minimum absolute atomic E-state index is 0.0535. The van der Waals surface area contributed by atoms with Crippen LogP contribution in [-0.4, -0.2) is 88.4 Å². The van der Waals surface area contributed by atoms with Crippen LogP contribution in [0.25, 0.3) is 11.3 Å². The maximum Gasteiger partial charge on any atom is 0.264 e. The summed E-state index contributed by atoms with van der Waals surface area (Å²) in [6, 6.07) is 14.6. The molecule has 12 nitrogen and oxygen atoms in total. The zero-order chi connectivity index (χ0) is 37.9. The van der Waals surface area contributed by atoms with Crippen LogP contribution in [0.4, 0.5) is 11.8 Å². The number of ether oxygens (including phenoxy) is 1. The molecule has 0 radical (unpaired) electrons. The van der Waals surface area contributed by atoms with Crippen LogP contribution < -0.4 is 14.4 Å². The first-order valence-electron chi connectivity index (χ1n) is 19.9. The Morgan fingerprint density at radius 3 is 2.45 bits per heavy atom. The lowest BCUT2D eigenvalue weighted by atomic mass is 9.63. The number of anilines is 2. The minimum atomic E-state index is -4.19. The summed E-state index contributed by atoms with van der Waals surface area (Å²) < 4.78 is 37.5. The number of piperidine rings is 1. The summed E-state index contributed by atoms with van der Waals surface area (Å²) in [7, 11) is -2.13. The number of aryl methyl sites for hydroxylation is 2. The Morgan fingerprint density at radius 2 is 1.71 bits per heavy atom. The second-order valence-electron chi connectivity index (χ2n) is 16.6. The number of sulfonamides is 1. The lowest BCUT2D eigenvalue weighted by Crippen LogP contribution is -2.62. The highest BCUT2D eigenvalue weighted by atomic mass is 32.2. The van der Waals surface area contributed by atoms with Crippen LogP contribution in [0.1, 0.15) is 91.4 Å². The lowest BCUT2D eigenvalue weighted by Gasteiger charge is -2.53. The molecule has 1 N–H and O–H groups in total. The first-order chi connectivity index (χ1) is 26.5. The molecule has 13 heteroatoms. The number of benzene rings is 2. The van der Waals surface area contributed by atoms with E-state index in [1.807, 2.05) is 36.9 Å². The molecule has 5 aliphatic rings. The average molecular weight is 763 g/mol. The van der Waals surface area contributed by atoms with E-state index in [-0.39, 0.29) is 40.8 Å². The molecule has 1 spiro atoms. The van der Waals surface area contributed by atoms with Crippen LogP contribution in [0.15, 0.2) is 65.8 Å². The third-order valence-electron chi connectivity index (χ3n) is 13.1. The molecule has 1 amide bonds. The van der Waals surface area contributed by atoms with Crippen LogP contribution in [0, 0.1) is 19.3 Å². The van der Waals surface area contributed by atoms with Gasteiger partial charge in [-0.15, -0.1) is 0 Å². The van der Waals surface area contributed by atoms with E-state index in [9.17, 15) is 13.2 Å². The van der Waals surface area contributed by atoms with E-state index in [4.69, 9.17) is 14.7 Å². The second kappa shape index (κ2) is 14.1. The number of hydrogen-bond acceptors (Lipinski definition) is 10. The van der Waals surface area contributed by atoms with Crippen molar-refractivity contribution >= 4 is 27.7 Å². The fraction of sp³-hybridized carbons (Fsp3) is 0.500. The zero-order valence-corrected chi connectivity index (χ0v) is 32.8. The van der Waals surface area contributed by atoms with E-state index in [0.717, 1.165) is 41.9 Å². The molecule has 4 aromatic rings. The van der Waals surface area contributed by atoms with Gasteiger partial charge >= 0.3 is 0 Å². The fourth-order valence-corrected chi connectivity index (χ4v) is 10.7. The smallest absolute Gasteiger partial charge is 0.264 e. The fourth-order valence-electron chi connectivity index (χ4n) is 9.75. The van der Waals surface area contributed by atoms with Gasteiger partial charge < -0.3 is 14.5 Å². The topological polar surface area (TPSA) is 134 Å². The summed E-state index contributed by atoms with van der Waals surface area (Å²) in [5, 5.41) is 0. The Kier molecular flexibility index (Phi) is 9.27. The van der Waals surface area contributed by atoms with Crippen molar-refractivity contribution in [1.82, 2.24) is 29.7 Å². The van der Waals surface area contributed by atoms with E-state index in [1.165, 1.54) is 57.1 Å². The number of nitrogens with zero attached hydrogens (tertiary/aromatic N) is 7. The molecule has 2 aromatic carbocycles. The highest BCUT2D eigenvalue weighted by Gasteiger charge is 2.50. The zero-order valence-electron chi connectivity index (χ0n) is 31.9. The molecule has 4 heterocycles. The molecule has 4 bridgehead atoms. The van der Waals surface area contributed by atoms with Gasteiger partial charge in [0.05, 0.1) is 41.3 Å². The Morgan fingerprint density at radius 1 is 0.945 bits per heavy atom. The van der Waals surface area contributed by atoms with E-state index >= 15 is 0 Å². The molecule has 9 rings (SSSR count). The van der Waals surface area contributed by atoms with Gasteiger partial charge in [0.15, 0.2) is 0 Å². The van der Waals surface area contributed by atoms with Crippen molar-refractivity contribution in [3.63, 3.8) is 0 Å². The van der Waals surface area contributed by atoms with Crippen molar-refractivity contribution in [1.29, 1.82) is 0 Å². The predicted octanol–water partition coefficient (Wildman–Crippen LogP) is 6.54. The van der Waals surface area contributed by atoms with E-state index in [0.29, 0.717) is 41.9 Å². The highest BCUT2D eigenvalue weighted by molar-refractivity contribution is 7.92. The number of likely N-dealkylation sites (tertiary alicyclic amines) is 1. The van der Waals surface area contributed by atoms with Crippen LogP contribution in [0.5, 0.6) is 5.88 Å². The molecule has 288 valence electrons. The second-order valence-corrected chi connectivity index (χ2v) is 18.3. The summed E-state index contributed by atoms with van der Waals surface area (Å²) in [5.41, 5.74) is 4.86. The predicted molar refractivity (Wildman–Crippen MR) is 210 cm³/mol. The third kappa shape index (κ3) is 6.94. The Bertz CT molecular complexity index is 2190. The lowest BCUT2D eigenvalue weighted by molar-refractivity contribution is -0.0564. The normalized spacial score (nSPS) is 23.6. The van der Waals surface area contributed by atoms with Crippen molar-refractivity contribution in [2.75, 3.05) is 29.8 Å². The first-order valence-corrected chi connectivity index (χ1v) is 21.4. The van der Waals surface area contributed by atoms with Crippen LogP contribution in [0.2, 0.25) is 0 Å². The summed E-state index contributed by atoms with van der Waals surface area (Å²) in [6.45, 7) is 5.64. The molecular weight excluding hydrogens is 713 g/mol. The molecule has 2 aromatic heterocycles. The molecule has 0 unspecified atom stereocenters. The molecule has 3 saturated carbocycles. The maximum absolute atomic E-state index is 14.9. The van der Waals surface area contributed by atoms with Gasteiger partial charge in [-0.2, -0.15) is 4.98 Å². The van der Waals surface area contributed by atoms with Gasteiger partial charge in [-0.05, 0) is 100.0 Å². The summed E-state index contributed by atoms with van der Waals surface area (Å²) >= 11 is 0. The van der Waals surface area contributed by atoms with Gasteiger partial charge in [0.1, 0.15) is 11.9 Å². The number of fused-ring (bicyclic) bond motifs is 5. The highest BCUT2D eigenvalue weighted by Crippen LogP contribution is 2.55. The first kappa shape index (κ1) is 36.0. The SMILES string of the molecule is Cc1cccc(C)c1-c1cc2nc(n1)NS(=O)(=O)c1cccc(c1)C(=O)N(Cc1cncc(N(C)C3CCC3)n1)[C@@H]1CCN(C3CC4(CCCC4)C3)C[C@H]1O2. The van der Waals surface area contributed by atoms with Crippen molar-refractivity contribution in [2.24, 2.45) is 5.41 Å². The molecule has 3 aliphatic carbocycles. The van der Waals surface area contributed by atoms with Crippen LogP contribution in [-0.2, 0) is 16.6 Å². The Labute approximate surface area is 323 Å². The van der Waals surface area contributed by atoms with Crippen LogP contribution in [0.3, 0.4) is 0 Å². The van der Waals surface area contributed by atoms with Gasteiger partial charge in [0.25, 0.3) is 15.9 Å². The van der Waals surface area contributed by atoms with Crippen molar-refractivity contribution in [2.45, 2.75) is 114 Å². The van der Waals surface area contributed by atoms with Crippen LogP contribution >= 0.6 is 0 Å². The largest absolute Gasteiger partial charge is 0.471 e. The monoisotopic (exact) mass is 762 g/mol. The average Bonchev–Trinajstić information content (AvgIpc) is 3.63. The van der Waals surface area contributed by atoms with Gasteiger partial charge in [0.2, 0.25) is 11.8 Å². The summed E-state index contributed by atoms with van der Waals surface area (Å²) in [4.78, 5) is 40.4. The third-order valence-corrected chi connectivity index (χ3v) is 14.4. The number of carbonyl (C=O) groups is 1. The number of amides is 1. The van der Waals surface area contributed by atoms with Crippen molar-refractivity contribution < 1.29 is 17.9 Å². The maximum atomic E-state index is 14.9. The standard InChI is InChI=1S/C42H50N8O4S/c1-27-9-6-10-28(2)39(27)34-20-38-46-41(45-34)47-55(52,53)33-14-7-11-29(19-33)40(51)50(25-30-23-43-24-37(44-30)48(3)31-12-8-13-31)35-15-18-49(26-36(35)54-38)32-21-42(22-32)16-4-5-17-42/h6-7,9-11,14,19-20,23-24,31-32,35-36H,4-5,8,12-13,15-18,21-22,25-26H2,1-3H3,(H,45,46,47)/t35-,36-/m1/s1. The van der Waals surface area contributed by atoms with Gasteiger partial charge in [-0.25, -0.2) is 23.1 Å². The molecule has 1 saturated heterocycles. The van der Waals surface area contributed by atoms with Gasteiger partial charge in [-0.3, -0.25) is 14.7 Å². The van der Waals surface area contributed by atoms with Crippen molar-refractivity contribution in [3.05, 3.63) is 83.3 Å². The summed E-state index contributed by atoms with van der Waals surface area (Å²) in [6.07, 6.45) is 14.8. The molecule has 2 aliphatic heterocycles. The quantitative estimate of drug-likeness (QED) is 0.231. The van der Waals surface area contributed by atoms with E-state index < -0.39 is 16.1 Å². The molecule has 4 fully saturated rings. The Hall–Kier alpha value is -4.62. The molecule has 2 atom stereocenters. The Balaban J connectivity index is 1.14. The minimum Gasteiger partial charge on any atom is -0.471 e. The molecule has 55 heavy (non-hydrogen) atoms.